The Labute approximate surface area is 138 Å². The molecule has 0 aliphatic carbocycles. The number of piperidine rings is 1. The van der Waals surface area contributed by atoms with E-state index in [0.717, 1.165) is 48.5 Å². The molecule has 3 rings (SSSR count). The van der Waals surface area contributed by atoms with Crippen LogP contribution in [0.2, 0.25) is 0 Å². The van der Waals surface area contributed by atoms with Crippen LogP contribution in [0.5, 0.6) is 0 Å². The SMILES string of the molecule is CC(C)c1nc(NCC2CCNCC2)cc(-c2cccnc2)n1. The summed E-state index contributed by atoms with van der Waals surface area (Å²) in [6, 6.07) is 6.01. The van der Waals surface area contributed by atoms with Gasteiger partial charge in [0.2, 0.25) is 0 Å². The van der Waals surface area contributed by atoms with Gasteiger partial charge < -0.3 is 10.6 Å². The number of aromatic nitrogens is 3. The number of rotatable bonds is 5. The van der Waals surface area contributed by atoms with Crippen molar-refractivity contribution in [3.05, 3.63) is 36.4 Å². The summed E-state index contributed by atoms with van der Waals surface area (Å²) < 4.78 is 0. The number of anilines is 1. The van der Waals surface area contributed by atoms with E-state index in [0.29, 0.717) is 5.92 Å². The van der Waals surface area contributed by atoms with Crippen LogP contribution in [0.25, 0.3) is 11.3 Å². The van der Waals surface area contributed by atoms with Crippen molar-refractivity contribution in [1.82, 2.24) is 20.3 Å². The van der Waals surface area contributed by atoms with Gasteiger partial charge in [-0.25, -0.2) is 9.97 Å². The molecule has 0 spiro atoms. The summed E-state index contributed by atoms with van der Waals surface area (Å²) in [6.45, 7) is 7.46. The third kappa shape index (κ3) is 4.26. The van der Waals surface area contributed by atoms with Crippen LogP contribution in [0.4, 0.5) is 5.82 Å². The molecule has 5 heteroatoms. The highest BCUT2D eigenvalue weighted by molar-refractivity contribution is 5.61. The van der Waals surface area contributed by atoms with Gasteiger partial charge >= 0.3 is 0 Å². The van der Waals surface area contributed by atoms with Crippen LogP contribution in [-0.4, -0.2) is 34.6 Å². The van der Waals surface area contributed by atoms with Gasteiger partial charge in [-0.1, -0.05) is 13.8 Å². The number of hydrogen-bond acceptors (Lipinski definition) is 5. The molecule has 2 N–H and O–H groups in total. The topological polar surface area (TPSA) is 62.7 Å². The third-order valence-electron chi connectivity index (χ3n) is 4.25. The maximum Gasteiger partial charge on any atom is 0.133 e. The van der Waals surface area contributed by atoms with E-state index in [9.17, 15) is 0 Å². The number of nitrogens with one attached hydrogen (secondary N) is 2. The molecule has 3 heterocycles. The van der Waals surface area contributed by atoms with Crippen LogP contribution in [-0.2, 0) is 0 Å². The Morgan fingerprint density at radius 3 is 2.78 bits per heavy atom. The molecular formula is C18H25N5. The molecule has 0 radical (unpaired) electrons. The van der Waals surface area contributed by atoms with Gasteiger partial charge in [-0.3, -0.25) is 4.98 Å². The lowest BCUT2D eigenvalue weighted by molar-refractivity contribution is 0.389. The van der Waals surface area contributed by atoms with Crippen molar-refractivity contribution in [2.45, 2.75) is 32.6 Å². The Kier molecular flexibility index (Phi) is 5.18. The van der Waals surface area contributed by atoms with Crippen LogP contribution in [0.15, 0.2) is 30.6 Å². The van der Waals surface area contributed by atoms with Crippen LogP contribution >= 0.6 is 0 Å². The molecule has 1 saturated heterocycles. The second-order valence-corrected chi connectivity index (χ2v) is 6.47. The first-order valence-corrected chi connectivity index (χ1v) is 8.46. The van der Waals surface area contributed by atoms with Crippen LogP contribution in [0, 0.1) is 5.92 Å². The molecule has 1 aliphatic rings. The van der Waals surface area contributed by atoms with Crippen LogP contribution < -0.4 is 10.6 Å². The molecule has 2 aromatic rings. The first-order chi connectivity index (χ1) is 11.2. The maximum absolute atomic E-state index is 4.70. The van der Waals surface area contributed by atoms with Crippen molar-refractivity contribution >= 4 is 5.82 Å². The zero-order valence-electron chi connectivity index (χ0n) is 13.9. The zero-order chi connectivity index (χ0) is 16.1. The summed E-state index contributed by atoms with van der Waals surface area (Å²) in [5, 5.41) is 6.93. The van der Waals surface area contributed by atoms with Gasteiger partial charge in [-0.2, -0.15) is 0 Å². The van der Waals surface area contributed by atoms with Crippen molar-refractivity contribution in [3.63, 3.8) is 0 Å². The van der Waals surface area contributed by atoms with Gasteiger partial charge in [0.25, 0.3) is 0 Å². The Morgan fingerprint density at radius 1 is 1.26 bits per heavy atom. The van der Waals surface area contributed by atoms with E-state index in [-0.39, 0.29) is 0 Å². The molecule has 0 saturated carbocycles. The van der Waals surface area contributed by atoms with E-state index >= 15 is 0 Å². The van der Waals surface area contributed by atoms with Gasteiger partial charge in [0.15, 0.2) is 0 Å². The quantitative estimate of drug-likeness (QED) is 0.888. The Hall–Kier alpha value is -2.01. The minimum Gasteiger partial charge on any atom is -0.370 e. The molecule has 1 aliphatic heterocycles. The summed E-state index contributed by atoms with van der Waals surface area (Å²) in [7, 11) is 0. The summed E-state index contributed by atoms with van der Waals surface area (Å²) >= 11 is 0. The molecule has 5 nitrogen and oxygen atoms in total. The van der Waals surface area contributed by atoms with Gasteiger partial charge in [0.1, 0.15) is 11.6 Å². The first-order valence-electron chi connectivity index (χ1n) is 8.46. The second kappa shape index (κ2) is 7.51. The Bertz CT molecular complexity index is 621. The normalized spacial score (nSPS) is 15.8. The minimum atomic E-state index is 0.297. The van der Waals surface area contributed by atoms with Gasteiger partial charge in [0, 0.05) is 36.5 Å². The van der Waals surface area contributed by atoms with Crippen molar-refractivity contribution < 1.29 is 0 Å². The monoisotopic (exact) mass is 311 g/mol. The van der Waals surface area contributed by atoms with E-state index in [2.05, 4.69) is 34.4 Å². The summed E-state index contributed by atoms with van der Waals surface area (Å²) in [5.74, 6) is 2.81. The number of hydrogen-bond donors (Lipinski definition) is 2. The fourth-order valence-corrected chi connectivity index (χ4v) is 2.81. The molecule has 0 atom stereocenters. The van der Waals surface area contributed by atoms with Crippen LogP contribution in [0.3, 0.4) is 0 Å². The summed E-state index contributed by atoms with van der Waals surface area (Å²) in [4.78, 5) is 13.6. The van der Waals surface area contributed by atoms with Gasteiger partial charge in [0.05, 0.1) is 5.69 Å². The van der Waals surface area contributed by atoms with E-state index in [1.165, 1.54) is 12.8 Å². The minimum absolute atomic E-state index is 0.297. The molecular weight excluding hydrogens is 286 g/mol. The van der Waals surface area contributed by atoms with Crippen molar-refractivity contribution in [1.29, 1.82) is 0 Å². The highest BCUT2D eigenvalue weighted by Crippen LogP contribution is 2.22. The molecule has 0 amide bonds. The molecule has 0 unspecified atom stereocenters. The van der Waals surface area contributed by atoms with Crippen LogP contribution in [0.1, 0.15) is 38.4 Å². The average molecular weight is 311 g/mol. The first kappa shape index (κ1) is 15.9. The fourth-order valence-electron chi connectivity index (χ4n) is 2.81. The Balaban J connectivity index is 1.79. The fraction of sp³-hybridized carbons (Fsp3) is 0.500. The lowest BCUT2D eigenvalue weighted by Gasteiger charge is -2.23. The van der Waals surface area contributed by atoms with Gasteiger partial charge in [-0.15, -0.1) is 0 Å². The highest BCUT2D eigenvalue weighted by atomic mass is 15.0. The lowest BCUT2D eigenvalue weighted by atomic mass is 9.98. The maximum atomic E-state index is 4.70. The predicted molar refractivity (Wildman–Crippen MR) is 93.4 cm³/mol. The summed E-state index contributed by atoms with van der Waals surface area (Å²) in [5.41, 5.74) is 1.96. The molecule has 0 bridgehead atoms. The summed E-state index contributed by atoms with van der Waals surface area (Å²) in [6.07, 6.45) is 6.09. The second-order valence-electron chi connectivity index (χ2n) is 6.47. The van der Waals surface area contributed by atoms with Crippen molar-refractivity contribution in [3.8, 4) is 11.3 Å². The largest absolute Gasteiger partial charge is 0.370 e. The van der Waals surface area contributed by atoms with E-state index in [4.69, 9.17) is 4.98 Å². The Morgan fingerprint density at radius 2 is 2.09 bits per heavy atom. The van der Waals surface area contributed by atoms with E-state index in [1.807, 2.05) is 24.4 Å². The average Bonchev–Trinajstić information content (AvgIpc) is 2.61. The molecule has 1 fully saturated rings. The standard InChI is InChI=1S/C18H25N5/c1-13(2)18-22-16(15-4-3-7-20-12-15)10-17(23-18)21-11-14-5-8-19-9-6-14/h3-4,7,10,12-14,19H,5-6,8-9,11H2,1-2H3,(H,21,22,23). The molecule has 0 aromatic carbocycles. The molecule has 23 heavy (non-hydrogen) atoms. The molecule has 2 aromatic heterocycles. The van der Waals surface area contributed by atoms with Crippen molar-refractivity contribution in [2.24, 2.45) is 5.92 Å². The zero-order valence-corrected chi connectivity index (χ0v) is 13.9. The van der Waals surface area contributed by atoms with Crippen molar-refractivity contribution in [2.75, 3.05) is 25.0 Å². The predicted octanol–water partition coefficient (Wildman–Crippen LogP) is 3.07. The number of nitrogens with zero attached hydrogens (tertiary/aromatic N) is 3. The lowest BCUT2D eigenvalue weighted by Crippen LogP contribution is -2.31. The smallest absolute Gasteiger partial charge is 0.133 e. The third-order valence-corrected chi connectivity index (χ3v) is 4.25. The van der Waals surface area contributed by atoms with Gasteiger partial charge in [-0.05, 0) is 44.0 Å². The van der Waals surface area contributed by atoms with E-state index in [1.54, 1.807) is 6.20 Å². The van der Waals surface area contributed by atoms with E-state index < -0.39 is 0 Å². The highest BCUT2D eigenvalue weighted by Gasteiger charge is 2.14. The molecule has 122 valence electrons. The number of pyridine rings is 1.